The number of rotatable bonds is 6. The number of benzene rings is 2. The van der Waals surface area contributed by atoms with Gasteiger partial charge in [-0.25, -0.2) is 4.79 Å². The molecule has 0 bridgehead atoms. The zero-order valence-electron chi connectivity index (χ0n) is 11.2. The highest BCUT2D eigenvalue weighted by Crippen LogP contribution is 2.14. The minimum Gasteiger partial charge on any atom is -0.492 e. The molecule has 0 radical (unpaired) electrons. The molecule has 0 fully saturated rings. The van der Waals surface area contributed by atoms with Gasteiger partial charge in [-0.1, -0.05) is 18.2 Å². The van der Waals surface area contributed by atoms with Crippen molar-refractivity contribution in [1.29, 1.82) is 5.26 Å². The number of carboxylic acid groups (broad SMARTS) is 1. The molecule has 0 unspecified atom stereocenters. The number of hydrogen-bond donors (Lipinski definition) is 2. The SMILES string of the molecule is N#Cc1ccccc1NCCOc1cccc(C(=O)O)c1. The van der Waals surface area contributed by atoms with E-state index in [0.717, 1.165) is 5.69 Å². The number of nitriles is 1. The highest BCUT2D eigenvalue weighted by atomic mass is 16.5. The average molecular weight is 282 g/mol. The van der Waals surface area contributed by atoms with Crippen molar-refractivity contribution >= 4 is 11.7 Å². The molecule has 0 aliphatic carbocycles. The van der Waals surface area contributed by atoms with Crippen LogP contribution in [0.3, 0.4) is 0 Å². The maximum atomic E-state index is 10.8. The van der Waals surface area contributed by atoms with Gasteiger partial charge in [0.2, 0.25) is 0 Å². The molecule has 0 aliphatic heterocycles. The maximum absolute atomic E-state index is 10.8. The number of ether oxygens (including phenoxy) is 1. The molecule has 2 aromatic rings. The molecule has 2 aromatic carbocycles. The van der Waals surface area contributed by atoms with Crippen LogP contribution in [0.15, 0.2) is 48.5 Å². The van der Waals surface area contributed by atoms with Crippen LogP contribution < -0.4 is 10.1 Å². The summed E-state index contributed by atoms with van der Waals surface area (Å²) in [4.78, 5) is 10.8. The van der Waals surface area contributed by atoms with E-state index in [4.69, 9.17) is 15.1 Å². The molecular formula is C16H14N2O3. The summed E-state index contributed by atoms with van der Waals surface area (Å²) in [7, 11) is 0. The lowest BCUT2D eigenvalue weighted by atomic mass is 10.2. The molecule has 2 N–H and O–H groups in total. The number of aromatic carboxylic acids is 1. The van der Waals surface area contributed by atoms with Crippen molar-refractivity contribution in [3.05, 3.63) is 59.7 Å². The Morgan fingerprint density at radius 3 is 2.81 bits per heavy atom. The van der Waals surface area contributed by atoms with Crippen molar-refractivity contribution < 1.29 is 14.6 Å². The van der Waals surface area contributed by atoms with Gasteiger partial charge in [0, 0.05) is 6.54 Å². The second-order valence-electron chi connectivity index (χ2n) is 4.27. The first-order chi connectivity index (χ1) is 10.2. The van der Waals surface area contributed by atoms with Gasteiger partial charge in [0.1, 0.15) is 18.4 Å². The van der Waals surface area contributed by atoms with Crippen LogP contribution in [-0.2, 0) is 0 Å². The normalized spacial score (nSPS) is 9.67. The number of hydrogen-bond acceptors (Lipinski definition) is 4. The summed E-state index contributed by atoms with van der Waals surface area (Å²) in [5.41, 5.74) is 1.52. The Bertz CT molecular complexity index is 677. The molecule has 0 aliphatic rings. The Morgan fingerprint density at radius 2 is 2.05 bits per heavy atom. The van der Waals surface area contributed by atoms with Gasteiger partial charge in [0.25, 0.3) is 0 Å². The molecular weight excluding hydrogens is 268 g/mol. The monoisotopic (exact) mass is 282 g/mol. The van der Waals surface area contributed by atoms with Crippen molar-refractivity contribution in [2.24, 2.45) is 0 Å². The van der Waals surface area contributed by atoms with Gasteiger partial charge in [-0.2, -0.15) is 5.26 Å². The van der Waals surface area contributed by atoms with Crippen LogP contribution in [0.4, 0.5) is 5.69 Å². The molecule has 5 heteroatoms. The Balaban J connectivity index is 1.86. The quantitative estimate of drug-likeness (QED) is 0.796. The molecule has 0 saturated carbocycles. The fourth-order valence-corrected chi connectivity index (χ4v) is 1.81. The molecule has 0 saturated heterocycles. The van der Waals surface area contributed by atoms with E-state index in [-0.39, 0.29) is 5.56 Å². The fraction of sp³-hybridized carbons (Fsp3) is 0.125. The first-order valence-corrected chi connectivity index (χ1v) is 6.40. The van der Waals surface area contributed by atoms with E-state index in [0.29, 0.717) is 24.5 Å². The van der Waals surface area contributed by atoms with Crippen LogP contribution in [-0.4, -0.2) is 24.2 Å². The van der Waals surface area contributed by atoms with Crippen LogP contribution in [0.5, 0.6) is 5.75 Å². The van der Waals surface area contributed by atoms with Gasteiger partial charge in [-0.15, -0.1) is 0 Å². The lowest BCUT2D eigenvalue weighted by molar-refractivity contribution is 0.0696. The summed E-state index contributed by atoms with van der Waals surface area (Å²) >= 11 is 0. The van der Waals surface area contributed by atoms with E-state index in [2.05, 4.69) is 11.4 Å². The molecule has 5 nitrogen and oxygen atoms in total. The van der Waals surface area contributed by atoms with Crippen molar-refractivity contribution in [2.75, 3.05) is 18.5 Å². The van der Waals surface area contributed by atoms with E-state index in [9.17, 15) is 4.79 Å². The third kappa shape index (κ3) is 3.98. The Kier molecular flexibility index (Phi) is 4.78. The van der Waals surface area contributed by atoms with Crippen molar-refractivity contribution in [1.82, 2.24) is 0 Å². The molecule has 2 rings (SSSR count). The second kappa shape index (κ2) is 6.96. The molecule has 0 atom stereocenters. The molecule has 0 heterocycles. The van der Waals surface area contributed by atoms with Crippen molar-refractivity contribution in [3.63, 3.8) is 0 Å². The molecule has 0 aromatic heterocycles. The first-order valence-electron chi connectivity index (χ1n) is 6.40. The number of carbonyl (C=O) groups is 1. The van der Waals surface area contributed by atoms with E-state index in [1.807, 2.05) is 12.1 Å². The number of para-hydroxylation sites is 1. The molecule has 106 valence electrons. The van der Waals surface area contributed by atoms with E-state index >= 15 is 0 Å². The number of nitrogens with zero attached hydrogens (tertiary/aromatic N) is 1. The van der Waals surface area contributed by atoms with Crippen LogP contribution in [0, 0.1) is 11.3 Å². The molecule has 0 spiro atoms. The van der Waals surface area contributed by atoms with Gasteiger partial charge in [-0.05, 0) is 30.3 Å². The van der Waals surface area contributed by atoms with E-state index in [1.54, 1.807) is 24.3 Å². The van der Waals surface area contributed by atoms with Gasteiger partial charge < -0.3 is 15.2 Å². The Labute approximate surface area is 122 Å². The lowest BCUT2D eigenvalue weighted by Crippen LogP contribution is -2.12. The first kappa shape index (κ1) is 14.4. The Morgan fingerprint density at radius 1 is 1.24 bits per heavy atom. The summed E-state index contributed by atoms with van der Waals surface area (Å²) in [5, 5.41) is 21.0. The predicted molar refractivity (Wildman–Crippen MR) is 78.5 cm³/mol. The number of anilines is 1. The smallest absolute Gasteiger partial charge is 0.335 e. The largest absolute Gasteiger partial charge is 0.492 e. The lowest BCUT2D eigenvalue weighted by Gasteiger charge is -2.10. The summed E-state index contributed by atoms with van der Waals surface area (Å²) in [6.07, 6.45) is 0. The summed E-state index contributed by atoms with van der Waals surface area (Å²) in [5.74, 6) is -0.480. The highest BCUT2D eigenvalue weighted by molar-refractivity contribution is 5.87. The highest BCUT2D eigenvalue weighted by Gasteiger charge is 2.04. The van der Waals surface area contributed by atoms with Gasteiger partial charge in [0.15, 0.2) is 0 Å². The third-order valence-corrected chi connectivity index (χ3v) is 2.81. The number of carboxylic acids is 1. The summed E-state index contributed by atoms with van der Waals surface area (Å²) in [6.45, 7) is 0.874. The third-order valence-electron chi connectivity index (χ3n) is 2.81. The fourth-order valence-electron chi connectivity index (χ4n) is 1.81. The maximum Gasteiger partial charge on any atom is 0.335 e. The van der Waals surface area contributed by atoms with Crippen molar-refractivity contribution in [2.45, 2.75) is 0 Å². The van der Waals surface area contributed by atoms with E-state index in [1.165, 1.54) is 12.1 Å². The molecule has 21 heavy (non-hydrogen) atoms. The van der Waals surface area contributed by atoms with Crippen LogP contribution in [0.1, 0.15) is 15.9 Å². The van der Waals surface area contributed by atoms with Gasteiger partial charge >= 0.3 is 5.97 Å². The predicted octanol–water partition coefficient (Wildman–Crippen LogP) is 2.75. The zero-order chi connectivity index (χ0) is 15.1. The average Bonchev–Trinajstić information content (AvgIpc) is 2.52. The molecule has 0 amide bonds. The topological polar surface area (TPSA) is 82.3 Å². The Hall–Kier alpha value is -3.00. The zero-order valence-corrected chi connectivity index (χ0v) is 11.2. The van der Waals surface area contributed by atoms with Crippen LogP contribution in [0.2, 0.25) is 0 Å². The summed E-state index contributed by atoms with van der Waals surface area (Å²) < 4.78 is 5.48. The second-order valence-corrected chi connectivity index (χ2v) is 4.27. The van der Waals surface area contributed by atoms with Gasteiger partial charge in [-0.3, -0.25) is 0 Å². The summed E-state index contributed by atoms with van der Waals surface area (Å²) in [6, 6.07) is 15.6. The minimum atomic E-state index is -0.985. The van der Waals surface area contributed by atoms with Crippen molar-refractivity contribution in [3.8, 4) is 11.8 Å². The van der Waals surface area contributed by atoms with Gasteiger partial charge in [0.05, 0.1) is 16.8 Å². The van der Waals surface area contributed by atoms with Crippen LogP contribution in [0.25, 0.3) is 0 Å². The standard InChI is InChI=1S/C16H14N2O3/c17-11-13-4-1-2-7-15(13)18-8-9-21-14-6-3-5-12(10-14)16(19)20/h1-7,10,18H,8-9H2,(H,19,20). The van der Waals surface area contributed by atoms with Crippen LogP contribution >= 0.6 is 0 Å². The minimum absolute atomic E-state index is 0.190. The number of nitrogens with one attached hydrogen (secondary N) is 1. The van der Waals surface area contributed by atoms with E-state index < -0.39 is 5.97 Å².